The number of nitrogens with zero attached hydrogens (tertiary/aromatic N) is 1. The second-order valence-electron chi connectivity index (χ2n) is 7.86. The molecule has 0 aromatic heterocycles. The van der Waals surface area contributed by atoms with E-state index in [1.165, 1.54) is 0 Å². The highest BCUT2D eigenvalue weighted by atomic mass is 16.5. The first-order chi connectivity index (χ1) is 15.0. The summed E-state index contributed by atoms with van der Waals surface area (Å²) in [7, 11) is 1.61. The monoisotopic (exact) mass is 414 g/mol. The molecule has 0 unspecified atom stereocenters. The third kappa shape index (κ3) is 4.61. The molecule has 0 bridgehead atoms. The van der Waals surface area contributed by atoms with Crippen molar-refractivity contribution in [1.29, 1.82) is 0 Å². The molecule has 0 radical (unpaired) electrons. The molecular formula is C26H26N2O3. The number of benzene rings is 3. The number of carbonyl (C=O) groups is 2. The molecule has 2 amide bonds. The Morgan fingerprint density at radius 1 is 1.00 bits per heavy atom. The van der Waals surface area contributed by atoms with Crippen molar-refractivity contribution < 1.29 is 14.3 Å². The molecule has 5 heteroatoms. The van der Waals surface area contributed by atoms with E-state index in [2.05, 4.69) is 18.3 Å². The molecule has 5 nitrogen and oxygen atoms in total. The Balaban J connectivity index is 1.47. The summed E-state index contributed by atoms with van der Waals surface area (Å²) in [5.74, 6) is 0.672. The lowest BCUT2D eigenvalue weighted by molar-refractivity contribution is -0.120. The van der Waals surface area contributed by atoms with Crippen LogP contribution in [0.3, 0.4) is 0 Å². The van der Waals surface area contributed by atoms with Gasteiger partial charge in [-0.3, -0.25) is 9.59 Å². The van der Waals surface area contributed by atoms with Crippen molar-refractivity contribution in [3.8, 4) is 5.75 Å². The van der Waals surface area contributed by atoms with Crippen molar-refractivity contribution in [3.63, 3.8) is 0 Å². The van der Waals surface area contributed by atoms with Crippen LogP contribution in [0.4, 0.5) is 5.69 Å². The van der Waals surface area contributed by atoms with E-state index in [1.807, 2.05) is 47.4 Å². The zero-order chi connectivity index (χ0) is 21.8. The van der Waals surface area contributed by atoms with Crippen molar-refractivity contribution in [1.82, 2.24) is 5.32 Å². The first kappa shape index (κ1) is 20.7. The molecule has 1 heterocycles. The number of amides is 2. The highest BCUT2D eigenvalue weighted by molar-refractivity contribution is 6.07. The zero-order valence-corrected chi connectivity index (χ0v) is 17.8. The predicted molar refractivity (Wildman–Crippen MR) is 121 cm³/mol. The van der Waals surface area contributed by atoms with Crippen LogP contribution in [0, 0.1) is 0 Å². The summed E-state index contributed by atoms with van der Waals surface area (Å²) < 4.78 is 5.19. The van der Waals surface area contributed by atoms with Gasteiger partial charge in [-0.15, -0.1) is 0 Å². The highest BCUT2D eigenvalue weighted by Crippen LogP contribution is 2.34. The summed E-state index contributed by atoms with van der Waals surface area (Å²) in [6.45, 7) is 2.49. The van der Waals surface area contributed by atoms with Crippen molar-refractivity contribution in [2.45, 2.75) is 32.4 Å². The Morgan fingerprint density at radius 3 is 2.45 bits per heavy atom. The average Bonchev–Trinajstić information content (AvgIpc) is 3.13. The first-order valence-electron chi connectivity index (χ1n) is 10.4. The summed E-state index contributed by atoms with van der Waals surface area (Å²) in [6.07, 6.45) is 1.17. The van der Waals surface area contributed by atoms with Crippen molar-refractivity contribution in [2.75, 3.05) is 12.0 Å². The minimum Gasteiger partial charge on any atom is -0.497 e. The van der Waals surface area contributed by atoms with Crippen LogP contribution in [0.2, 0.25) is 0 Å². The largest absolute Gasteiger partial charge is 0.497 e. The van der Waals surface area contributed by atoms with Gasteiger partial charge in [-0.05, 0) is 60.4 Å². The second-order valence-corrected chi connectivity index (χ2v) is 7.86. The third-order valence-corrected chi connectivity index (χ3v) is 5.62. The fourth-order valence-corrected chi connectivity index (χ4v) is 3.99. The minimum atomic E-state index is -0.0285. The van der Waals surface area contributed by atoms with E-state index < -0.39 is 0 Å². The lowest BCUT2D eigenvalue weighted by Gasteiger charge is -2.23. The standard InChI is InChI=1S/C26H26N2O3/c1-18-14-22-9-8-20(17-27-25(29)16-19-6-4-3-5-7-19)15-24(22)28(18)26(30)21-10-12-23(31-2)13-11-21/h3-13,15,18H,14,16-17H2,1-2H3,(H,27,29)/t18-/m1/s1. The molecule has 31 heavy (non-hydrogen) atoms. The lowest BCUT2D eigenvalue weighted by Crippen LogP contribution is -2.35. The second kappa shape index (κ2) is 9.04. The van der Waals surface area contributed by atoms with Gasteiger partial charge in [0.1, 0.15) is 5.75 Å². The minimum absolute atomic E-state index is 0.0220. The van der Waals surface area contributed by atoms with E-state index in [9.17, 15) is 9.59 Å². The topological polar surface area (TPSA) is 58.6 Å². The molecule has 1 aliphatic rings. The van der Waals surface area contributed by atoms with Crippen molar-refractivity contribution >= 4 is 17.5 Å². The van der Waals surface area contributed by atoms with Gasteiger partial charge in [0.2, 0.25) is 5.91 Å². The molecule has 3 aromatic carbocycles. The van der Waals surface area contributed by atoms with Crippen molar-refractivity contribution in [3.05, 3.63) is 95.1 Å². The number of rotatable bonds is 6. The van der Waals surface area contributed by atoms with Crippen LogP contribution in [0.1, 0.15) is 34.0 Å². The van der Waals surface area contributed by atoms with Gasteiger partial charge < -0.3 is 15.0 Å². The number of carbonyl (C=O) groups excluding carboxylic acids is 2. The smallest absolute Gasteiger partial charge is 0.258 e. The Morgan fingerprint density at radius 2 is 1.74 bits per heavy atom. The molecule has 1 atom stereocenters. The van der Waals surface area contributed by atoms with Crippen LogP contribution < -0.4 is 15.0 Å². The number of hydrogen-bond donors (Lipinski definition) is 1. The van der Waals surface area contributed by atoms with Crippen LogP contribution in [-0.4, -0.2) is 25.0 Å². The maximum absolute atomic E-state index is 13.2. The fraction of sp³-hybridized carbons (Fsp3) is 0.231. The zero-order valence-electron chi connectivity index (χ0n) is 17.8. The molecule has 0 saturated heterocycles. The van der Waals surface area contributed by atoms with E-state index in [0.717, 1.165) is 34.5 Å². The van der Waals surface area contributed by atoms with E-state index in [-0.39, 0.29) is 17.9 Å². The molecule has 3 aromatic rings. The van der Waals surface area contributed by atoms with E-state index in [4.69, 9.17) is 4.74 Å². The molecule has 1 N–H and O–H groups in total. The Bertz CT molecular complexity index is 1080. The van der Waals surface area contributed by atoms with E-state index >= 15 is 0 Å². The van der Waals surface area contributed by atoms with E-state index in [0.29, 0.717) is 18.5 Å². The number of hydrogen-bond acceptors (Lipinski definition) is 3. The van der Waals surface area contributed by atoms with Gasteiger partial charge in [0, 0.05) is 23.8 Å². The van der Waals surface area contributed by atoms with Crippen LogP contribution in [-0.2, 0) is 24.2 Å². The average molecular weight is 415 g/mol. The number of anilines is 1. The fourth-order valence-electron chi connectivity index (χ4n) is 3.99. The highest BCUT2D eigenvalue weighted by Gasteiger charge is 2.31. The number of methoxy groups -OCH3 is 1. The number of ether oxygens (including phenoxy) is 1. The van der Waals surface area contributed by atoms with Gasteiger partial charge in [-0.25, -0.2) is 0 Å². The first-order valence-corrected chi connectivity index (χ1v) is 10.4. The summed E-state index contributed by atoms with van der Waals surface area (Å²) in [5, 5.41) is 2.98. The maximum Gasteiger partial charge on any atom is 0.258 e. The predicted octanol–water partition coefficient (Wildman–Crippen LogP) is 4.15. The molecule has 0 fully saturated rings. The molecule has 0 saturated carbocycles. The molecule has 158 valence electrons. The molecular weight excluding hydrogens is 388 g/mol. The Labute approximate surface area is 182 Å². The Hall–Kier alpha value is -3.60. The van der Waals surface area contributed by atoms with E-state index in [1.54, 1.807) is 31.4 Å². The van der Waals surface area contributed by atoms with Gasteiger partial charge in [0.15, 0.2) is 0 Å². The SMILES string of the molecule is COc1ccc(C(=O)N2c3cc(CNC(=O)Cc4ccccc4)ccc3C[C@H]2C)cc1. The summed E-state index contributed by atoms with van der Waals surface area (Å²) >= 11 is 0. The van der Waals surface area contributed by atoms with Gasteiger partial charge in [0.05, 0.1) is 13.5 Å². The summed E-state index contributed by atoms with van der Waals surface area (Å²) in [5.41, 5.74) is 4.65. The van der Waals surface area contributed by atoms with Gasteiger partial charge >= 0.3 is 0 Å². The number of nitrogens with one attached hydrogen (secondary N) is 1. The summed E-state index contributed by atoms with van der Waals surface area (Å²) in [6, 6.07) is 23.0. The molecule has 1 aliphatic heterocycles. The lowest BCUT2D eigenvalue weighted by atomic mass is 10.1. The Kier molecular flexibility index (Phi) is 6.03. The van der Waals surface area contributed by atoms with Crippen LogP contribution in [0.15, 0.2) is 72.8 Å². The van der Waals surface area contributed by atoms with Crippen molar-refractivity contribution in [2.24, 2.45) is 0 Å². The van der Waals surface area contributed by atoms with Crippen LogP contribution in [0.25, 0.3) is 0 Å². The van der Waals surface area contributed by atoms with Gasteiger partial charge in [-0.1, -0.05) is 42.5 Å². The van der Waals surface area contributed by atoms with Gasteiger partial charge in [0.25, 0.3) is 5.91 Å². The molecule has 0 spiro atoms. The normalized spacial score (nSPS) is 14.8. The van der Waals surface area contributed by atoms with Crippen LogP contribution in [0.5, 0.6) is 5.75 Å². The van der Waals surface area contributed by atoms with Gasteiger partial charge in [-0.2, -0.15) is 0 Å². The molecule has 0 aliphatic carbocycles. The molecule has 4 rings (SSSR count). The quantitative estimate of drug-likeness (QED) is 0.659. The number of fused-ring (bicyclic) bond motifs is 1. The van der Waals surface area contributed by atoms with Crippen LogP contribution >= 0.6 is 0 Å². The summed E-state index contributed by atoms with van der Waals surface area (Å²) in [4.78, 5) is 27.4. The maximum atomic E-state index is 13.2. The third-order valence-electron chi connectivity index (χ3n) is 5.62.